The summed E-state index contributed by atoms with van der Waals surface area (Å²) in [5.41, 5.74) is 1.37. The topological polar surface area (TPSA) is 110 Å². The van der Waals surface area contributed by atoms with Crippen molar-refractivity contribution in [1.82, 2.24) is 14.5 Å². The molecule has 0 spiro atoms. The summed E-state index contributed by atoms with van der Waals surface area (Å²) in [7, 11) is 1.53. The Kier molecular flexibility index (Phi) is 4.18. The molecule has 4 atom stereocenters. The summed E-state index contributed by atoms with van der Waals surface area (Å²) in [6.45, 7) is -0.385. The molecular weight excluding hydrogens is 346 g/mol. The Labute approximate surface area is 146 Å². The minimum atomic E-state index is -1.19. The zero-order chi connectivity index (χ0) is 17.6. The smallest absolute Gasteiger partial charge is 0.226 e. The Morgan fingerprint density at radius 1 is 1.32 bits per heavy atom. The van der Waals surface area contributed by atoms with E-state index in [2.05, 4.69) is 9.97 Å². The lowest BCUT2D eigenvalue weighted by molar-refractivity contribution is -0.0508. The number of aliphatic hydroxyl groups is 3. The summed E-state index contributed by atoms with van der Waals surface area (Å²) < 4.78 is 12.7. The number of methoxy groups -OCH3 is 1. The maximum Gasteiger partial charge on any atom is 0.226 e. The fraction of sp³-hybridized carbons (Fsp3) is 0.375. The van der Waals surface area contributed by atoms with E-state index in [0.717, 1.165) is 10.4 Å². The zero-order valence-electron chi connectivity index (χ0n) is 13.3. The third-order valence-electron chi connectivity index (χ3n) is 4.35. The first-order valence-electron chi connectivity index (χ1n) is 7.71. The van der Waals surface area contributed by atoms with Crippen molar-refractivity contribution in [2.24, 2.45) is 0 Å². The Morgan fingerprint density at radius 2 is 2.16 bits per heavy atom. The van der Waals surface area contributed by atoms with E-state index >= 15 is 0 Å². The van der Waals surface area contributed by atoms with Crippen molar-refractivity contribution in [3.05, 3.63) is 30.0 Å². The largest absolute Gasteiger partial charge is 0.480 e. The van der Waals surface area contributed by atoms with E-state index in [1.165, 1.54) is 13.4 Å². The fourth-order valence-electron chi connectivity index (χ4n) is 3.13. The highest BCUT2D eigenvalue weighted by molar-refractivity contribution is 7.13. The SMILES string of the molecule is COc1ncnc2c1c(-c1cccs1)cn2[C@@H]1O[C@H](CO)[C@@H](O)[C@H]1O. The number of aromatic nitrogens is 3. The normalized spacial score (nSPS) is 26.4. The van der Waals surface area contributed by atoms with Gasteiger partial charge in [-0.15, -0.1) is 11.3 Å². The monoisotopic (exact) mass is 363 g/mol. The van der Waals surface area contributed by atoms with Crippen molar-refractivity contribution in [2.45, 2.75) is 24.5 Å². The van der Waals surface area contributed by atoms with Gasteiger partial charge >= 0.3 is 0 Å². The number of aliphatic hydroxyl groups excluding tert-OH is 3. The summed E-state index contributed by atoms with van der Waals surface area (Å²) in [6, 6.07) is 3.90. The van der Waals surface area contributed by atoms with Crippen LogP contribution in [0.25, 0.3) is 21.5 Å². The van der Waals surface area contributed by atoms with Crippen molar-refractivity contribution in [3.63, 3.8) is 0 Å². The van der Waals surface area contributed by atoms with Crippen molar-refractivity contribution >= 4 is 22.4 Å². The molecule has 3 aromatic rings. The fourth-order valence-corrected chi connectivity index (χ4v) is 3.88. The lowest BCUT2D eigenvalue weighted by Gasteiger charge is -2.17. The molecule has 0 aliphatic carbocycles. The maximum atomic E-state index is 10.4. The van der Waals surface area contributed by atoms with Crippen molar-refractivity contribution < 1.29 is 24.8 Å². The molecule has 3 aromatic heterocycles. The highest BCUT2D eigenvalue weighted by Gasteiger charge is 2.44. The van der Waals surface area contributed by atoms with E-state index in [1.54, 1.807) is 22.1 Å². The van der Waals surface area contributed by atoms with E-state index in [9.17, 15) is 15.3 Å². The van der Waals surface area contributed by atoms with Crippen LogP contribution < -0.4 is 4.74 Å². The molecule has 0 aromatic carbocycles. The predicted octanol–water partition coefficient (Wildman–Crippen LogP) is 0.780. The van der Waals surface area contributed by atoms with E-state index in [4.69, 9.17) is 9.47 Å². The minimum absolute atomic E-state index is 0.385. The number of nitrogens with zero attached hydrogens (tertiary/aromatic N) is 3. The molecule has 1 fully saturated rings. The van der Waals surface area contributed by atoms with E-state index in [-0.39, 0.29) is 6.61 Å². The standard InChI is InChI=1S/C16H17N3O5S/c1-23-15-11-8(10-3-2-4-25-10)5-19(14(11)17-7-18-15)16-13(22)12(21)9(6-20)24-16/h2-5,7,9,12-13,16,20-22H,6H2,1H3/t9-,12-,13-,16-/m1/s1. The van der Waals surface area contributed by atoms with Crippen LogP contribution in [0.4, 0.5) is 0 Å². The van der Waals surface area contributed by atoms with E-state index < -0.39 is 24.5 Å². The van der Waals surface area contributed by atoms with Crippen molar-refractivity contribution in [2.75, 3.05) is 13.7 Å². The Hall–Kier alpha value is -2.04. The zero-order valence-corrected chi connectivity index (χ0v) is 14.1. The molecule has 1 aliphatic heterocycles. The summed E-state index contributed by atoms with van der Waals surface area (Å²) in [5.74, 6) is 0.416. The van der Waals surface area contributed by atoms with Gasteiger partial charge in [0.15, 0.2) is 6.23 Å². The Bertz CT molecular complexity index is 881. The number of hydrogen-bond acceptors (Lipinski definition) is 8. The second-order valence-electron chi connectivity index (χ2n) is 5.74. The number of hydrogen-bond donors (Lipinski definition) is 3. The lowest BCUT2D eigenvalue weighted by atomic mass is 10.1. The van der Waals surface area contributed by atoms with Crippen LogP contribution in [0, 0.1) is 0 Å². The quantitative estimate of drug-likeness (QED) is 0.628. The molecule has 25 heavy (non-hydrogen) atoms. The van der Waals surface area contributed by atoms with Gasteiger partial charge in [-0.25, -0.2) is 9.97 Å². The van der Waals surface area contributed by atoms with Gasteiger partial charge < -0.3 is 29.4 Å². The molecule has 0 radical (unpaired) electrons. The van der Waals surface area contributed by atoms with Gasteiger partial charge in [0.05, 0.1) is 19.1 Å². The lowest BCUT2D eigenvalue weighted by Crippen LogP contribution is -2.33. The first kappa shape index (κ1) is 16.4. The summed E-state index contributed by atoms with van der Waals surface area (Å²) in [4.78, 5) is 9.47. The highest BCUT2D eigenvalue weighted by atomic mass is 32.1. The van der Waals surface area contributed by atoms with Crippen LogP contribution in [-0.4, -0.2) is 61.9 Å². The van der Waals surface area contributed by atoms with Crippen LogP contribution in [0.5, 0.6) is 5.88 Å². The second kappa shape index (κ2) is 6.36. The highest BCUT2D eigenvalue weighted by Crippen LogP contribution is 2.40. The molecule has 9 heteroatoms. The van der Waals surface area contributed by atoms with Crippen LogP contribution in [0.2, 0.25) is 0 Å². The van der Waals surface area contributed by atoms with E-state index in [1.807, 2.05) is 17.5 Å². The molecule has 0 saturated carbocycles. The molecule has 1 aliphatic rings. The van der Waals surface area contributed by atoms with Crippen molar-refractivity contribution in [1.29, 1.82) is 0 Å². The number of thiophene rings is 1. The van der Waals surface area contributed by atoms with Gasteiger partial charge in [-0.05, 0) is 11.4 Å². The van der Waals surface area contributed by atoms with Gasteiger partial charge in [-0.3, -0.25) is 0 Å². The number of rotatable bonds is 4. The average molecular weight is 363 g/mol. The van der Waals surface area contributed by atoms with Gasteiger partial charge in [-0.1, -0.05) is 6.07 Å². The van der Waals surface area contributed by atoms with Crippen LogP contribution in [0.3, 0.4) is 0 Å². The third kappa shape index (κ3) is 2.52. The molecule has 0 bridgehead atoms. The van der Waals surface area contributed by atoms with Crippen LogP contribution in [0.1, 0.15) is 6.23 Å². The first-order valence-corrected chi connectivity index (χ1v) is 8.59. The maximum absolute atomic E-state index is 10.4. The molecule has 4 heterocycles. The van der Waals surface area contributed by atoms with Gasteiger partial charge in [-0.2, -0.15) is 0 Å². The Balaban J connectivity index is 1.91. The van der Waals surface area contributed by atoms with Crippen LogP contribution in [-0.2, 0) is 4.74 Å². The molecule has 8 nitrogen and oxygen atoms in total. The van der Waals surface area contributed by atoms with Crippen molar-refractivity contribution in [3.8, 4) is 16.3 Å². The predicted molar refractivity (Wildman–Crippen MR) is 90.4 cm³/mol. The molecular formula is C16H17N3O5S. The molecule has 132 valence electrons. The third-order valence-corrected chi connectivity index (χ3v) is 5.25. The summed E-state index contributed by atoms with van der Waals surface area (Å²) in [6.07, 6.45) is -0.925. The number of fused-ring (bicyclic) bond motifs is 1. The van der Waals surface area contributed by atoms with Crippen LogP contribution in [0.15, 0.2) is 30.0 Å². The Morgan fingerprint density at radius 3 is 2.80 bits per heavy atom. The second-order valence-corrected chi connectivity index (χ2v) is 6.69. The minimum Gasteiger partial charge on any atom is -0.480 e. The molecule has 0 unspecified atom stereocenters. The van der Waals surface area contributed by atoms with Gasteiger partial charge in [0.25, 0.3) is 0 Å². The molecule has 0 amide bonds. The van der Waals surface area contributed by atoms with E-state index in [0.29, 0.717) is 16.9 Å². The van der Waals surface area contributed by atoms with Gasteiger partial charge in [0.2, 0.25) is 5.88 Å². The number of ether oxygens (including phenoxy) is 2. The van der Waals surface area contributed by atoms with Crippen LogP contribution >= 0.6 is 11.3 Å². The van der Waals surface area contributed by atoms with Gasteiger partial charge in [0, 0.05) is 16.6 Å². The van der Waals surface area contributed by atoms with Gasteiger partial charge in [0.1, 0.15) is 30.3 Å². The first-order chi connectivity index (χ1) is 12.2. The average Bonchev–Trinajstić information content (AvgIpc) is 3.34. The molecule has 3 N–H and O–H groups in total. The molecule has 4 rings (SSSR count). The summed E-state index contributed by atoms with van der Waals surface area (Å²) >= 11 is 1.56. The molecule has 1 saturated heterocycles. The summed E-state index contributed by atoms with van der Waals surface area (Å²) in [5, 5.41) is 32.4.